The highest BCUT2D eigenvalue weighted by molar-refractivity contribution is 5.38. The van der Waals surface area contributed by atoms with Gasteiger partial charge in [0.1, 0.15) is 5.82 Å². The van der Waals surface area contributed by atoms with Gasteiger partial charge in [-0.25, -0.2) is 4.39 Å². The Morgan fingerprint density at radius 3 is 2.48 bits per heavy atom. The van der Waals surface area contributed by atoms with E-state index < -0.39 is 18.5 Å². The molecule has 0 aliphatic rings. The van der Waals surface area contributed by atoms with Crippen LogP contribution in [0.25, 0.3) is 0 Å². The lowest BCUT2D eigenvalue weighted by atomic mass is 10.1. The zero-order chi connectivity index (χ0) is 16.0. The van der Waals surface area contributed by atoms with Crippen LogP contribution in [0.15, 0.2) is 18.2 Å². The van der Waals surface area contributed by atoms with Crippen LogP contribution in [0.4, 0.5) is 17.6 Å². The second-order valence-corrected chi connectivity index (χ2v) is 4.93. The van der Waals surface area contributed by atoms with E-state index >= 15 is 0 Å². The van der Waals surface area contributed by atoms with E-state index in [2.05, 4.69) is 11.8 Å². The van der Waals surface area contributed by atoms with Gasteiger partial charge in [-0.3, -0.25) is 4.90 Å². The number of hydrogen-bond donors (Lipinski definition) is 1. The molecule has 0 heterocycles. The first-order chi connectivity index (χ1) is 9.73. The topological polar surface area (TPSA) is 29.3 Å². The van der Waals surface area contributed by atoms with Crippen molar-refractivity contribution >= 4 is 0 Å². The normalized spacial score (nSPS) is 11.7. The monoisotopic (exact) mass is 302 g/mol. The predicted octanol–water partition coefficient (Wildman–Crippen LogP) is 2.91. The van der Waals surface area contributed by atoms with Crippen molar-refractivity contribution in [1.82, 2.24) is 4.90 Å². The van der Waals surface area contributed by atoms with Crippen molar-refractivity contribution in [3.05, 3.63) is 35.1 Å². The van der Waals surface area contributed by atoms with Gasteiger partial charge in [0.25, 0.3) is 0 Å². The third kappa shape index (κ3) is 6.15. The van der Waals surface area contributed by atoms with Gasteiger partial charge in [0.2, 0.25) is 0 Å². The van der Waals surface area contributed by atoms with Crippen LogP contribution in [0.1, 0.15) is 25.0 Å². The van der Waals surface area contributed by atoms with Crippen LogP contribution in [0.2, 0.25) is 0 Å². The van der Waals surface area contributed by atoms with Crippen molar-refractivity contribution in [3.63, 3.8) is 0 Å². The molecule has 1 aromatic carbocycles. The lowest BCUT2D eigenvalue weighted by molar-refractivity contribution is -0.150. The maximum absolute atomic E-state index is 13.5. The molecule has 0 saturated heterocycles. The highest BCUT2D eigenvalue weighted by Gasteiger charge is 2.31. The Morgan fingerprint density at radius 1 is 1.29 bits per heavy atom. The summed E-state index contributed by atoms with van der Waals surface area (Å²) < 4.78 is 51.1. The lowest BCUT2D eigenvalue weighted by Crippen LogP contribution is -2.38. The van der Waals surface area contributed by atoms with Gasteiger partial charge < -0.3 is 5.73 Å². The predicted molar refractivity (Wildman–Crippen MR) is 73.9 cm³/mol. The number of nitrogens with zero attached hydrogens (tertiary/aromatic N) is 1. The first-order valence-corrected chi connectivity index (χ1v) is 6.51. The summed E-state index contributed by atoms with van der Waals surface area (Å²) in [6, 6.07) is 3.86. The van der Waals surface area contributed by atoms with Gasteiger partial charge in [0.15, 0.2) is 0 Å². The molecule has 116 valence electrons. The number of hydrogen-bond acceptors (Lipinski definition) is 2. The van der Waals surface area contributed by atoms with Crippen LogP contribution in [-0.2, 0) is 6.54 Å². The number of nitrogens with two attached hydrogens (primary N) is 1. The molecule has 1 aromatic rings. The molecule has 0 fully saturated rings. The van der Waals surface area contributed by atoms with Crippen LogP contribution in [-0.4, -0.2) is 30.2 Å². The first-order valence-electron chi connectivity index (χ1n) is 6.51. The molecule has 6 heteroatoms. The summed E-state index contributed by atoms with van der Waals surface area (Å²) in [7, 11) is 0. The summed E-state index contributed by atoms with van der Waals surface area (Å²) in [5, 5.41) is 0. The average Bonchev–Trinajstić information content (AvgIpc) is 2.37. The van der Waals surface area contributed by atoms with E-state index in [1.807, 2.05) is 0 Å². The maximum Gasteiger partial charge on any atom is 0.401 e. The quantitative estimate of drug-likeness (QED) is 0.684. The summed E-state index contributed by atoms with van der Waals surface area (Å²) in [6.45, 7) is 2.53. The Kier molecular flexibility index (Phi) is 6.19. The van der Waals surface area contributed by atoms with E-state index in [9.17, 15) is 17.6 Å². The maximum atomic E-state index is 13.5. The van der Waals surface area contributed by atoms with Crippen LogP contribution in [0.3, 0.4) is 0 Å². The van der Waals surface area contributed by atoms with Gasteiger partial charge >= 0.3 is 6.18 Å². The van der Waals surface area contributed by atoms with Crippen molar-refractivity contribution in [2.45, 2.75) is 32.6 Å². The molecule has 0 saturated carbocycles. The second kappa shape index (κ2) is 7.43. The van der Waals surface area contributed by atoms with E-state index in [0.29, 0.717) is 5.56 Å². The molecular formula is C15H18F4N2. The minimum atomic E-state index is -4.27. The molecule has 1 rings (SSSR count). The molecule has 2 nitrogen and oxygen atoms in total. The first kappa shape index (κ1) is 17.5. The summed E-state index contributed by atoms with van der Waals surface area (Å²) in [4.78, 5) is 1.27. The minimum absolute atomic E-state index is 0.0781. The number of rotatable bonds is 4. The Labute approximate surface area is 121 Å². The molecule has 0 spiro atoms. The fraction of sp³-hybridized carbons (Fsp3) is 0.467. The third-order valence-electron chi connectivity index (χ3n) is 2.85. The molecule has 0 radical (unpaired) electrons. The summed E-state index contributed by atoms with van der Waals surface area (Å²) >= 11 is 0. The Balaban J connectivity index is 2.94. The number of benzene rings is 1. The Hall–Kier alpha value is -1.58. The second-order valence-electron chi connectivity index (χ2n) is 4.93. The van der Waals surface area contributed by atoms with E-state index in [0.717, 1.165) is 0 Å². The van der Waals surface area contributed by atoms with Crippen molar-refractivity contribution in [1.29, 1.82) is 0 Å². The minimum Gasteiger partial charge on any atom is -0.320 e. The number of halogens is 4. The highest BCUT2D eigenvalue weighted by Crippen LogP contribution is 2.20. The largest absolute Gasteiger partial charge is 0.401 e. The van der Waals surface area contributed by atoms with Crippen LogP contribution in [0, 0.1) is 17.7 Å². The van der Waals surface area contributed by atoms with E-state index in [1.54, 1.807) is 13.8 Å². The van der Waals surface area contributed by atoms with Gasteiger partial charge in [-0.05, 0) is 31.5 Å². The van der Waals surface area contributed by atoms with Crippen molar-refractivity contribution in [2.24, 2.45) is 5.73 Å². The zero-order valence-corrected chi connectivity index (χ0v) is 12.0. The molecule has 0 aliphatic carbocycles. The molecular weight excluding hydrogens is 284 g/mol. The lowest BCUT2D eigenvalue weighted by Gasteiger charge is -2.27. The molecule has 21 heavy (non-hydrogen) atoms. The molecule has 0 bridgehead atoms. The van der Waals surface area contributed by atoms with Crippen molar-refractivity contribution < 1.29 is 17.6 Å². The average molecular weight is 302 g/mol. The van der Waals surface area contributed by atoms with Crippen molar-refractivity contribution in [3.8, 4) is 11.8 Å². The number of alkyl halides is 3. The standard InChI is InChI=1S/C15H18F4N2/c1-11(2)21(10-15(17,18)19)9-12-5-6-14(16)13(8-12)4-3-7-20/h5-6,8,11H,7,9-10,20H2,1-2H3. The molecule has 0 amide bonds. The Morgan fingerprint density at radius 2 is 1.95 bits per heavy atom. The van der Waals surface area contributed by atoms with Crippen LogP contribution in [0.5, 0.6) is 0 Å². The van der Waals surface area contributed by atoms with Gasteiger partial charge in [-0.15, -0.1) is 0 Å². The van der Waals surface area contributed by atoms with E-state index in [4.69, 9.17) is 5.73 Å². The molecule has 2 N–H and O–H groups in total. The zero-order valence-electron chi connectivity index (χ0n) is 12.0. The fourth-order valence-corrected chi connectivity index (χ4v) is 1.80. The molecule has 0 unspecified atom stereocenters. The highest BCUT2D eigenvalue weighted by atomic mass is 19.4. The summed E-state index contributed by atoms with van der Waals surface area (Å²) in [5.74, 6) is 4.60. The van der Waals surface area contributed by atoms with Gasteiger partial charge in [0.05, 0.1) is 18.7 Å². The van der Waals surface area contributed by atoms with Gasteiger partial charge in [0, 0.05) is 12.6 Å². The van der Waals surface area contributed by atoms with E-state index in [-0.39, 0.29) is 24.7 Å². The summed E-state index contributed by atoms with van der Waals surface area (Å²) in [6.07, 6.45) is -4.27. The van der Waals surface area contributed by atoms with E-state index in [1.165, 1.54) is 23.1 Å². The third-order valence-corrected chi connectivity index (χ3v) is 2.85. The van der Waals surface area contributed by atoms with Crippen LogP contribution < -0.4 is 5.73 Å². The van der Waals surface area contributed by atoms with Gasteiger partial charge in [-0.1, -0.05) is 17.9 Å². The Bertz CT molecular complexity index is 527. The fourth-order valence-electron chi connectivity index (χ4n) is 1.80. The molecule has 0 aliphatic heterocycles. The van der Waals surface area contributed by atoms with Crippen LogP contribution >= 0.6 is 0 Å². The smallest absolute Gasteiger partial charge is 0.320 e. The van der Waals surface area contributed by atoms with Gasteiger partial charge in [-0.2, -0.15) is 13.2 Å². The molecule has 0 aromatic heterocycles. The summed E-state index contributed by atoms with van der Waals surface area (Å²) in [5.41, 5.74) is 5.95. The molecule has 0 atom stereocenters. The SMILES string of the molecule is CC(C)N(Cc1ccc(F)c(C#CCN)c1)CC(F)(F)F. The van der Waals surface area contributed by atoms with Crippen molar-refractivity contribution in [2.75, 3.05) is 13.1 Å².